The summed E-state index contributed by atoms with van der Waals surface area (Å²) < 4.78 is 8.99. The van der Waals surface area contributed by atoms with Gasteiger partial charge in [-0.3, -0.25) is 9.78 Å². The van der Waals surface area contributed by atoms with E-state index in [9.17, 15) is 4.79 Å². The number of pyridine rings is 1. The number of Topliss-reactive ketones (excluding diaryl/α,β-unsaturated/α-hetero) is 1. The van der Waals surface area contributed by atoms with E-state index in [0.29, 0.717) is 5.69 Å². The second kappa shape index (κ2) is 5.22. The first-order chi connectivity index (χ1) is 8.63. The Hall–Kier alpha value is -1.82. The first kappa shape index (κ1) is 12.6. The second-order valence-corrected chi connectivity index (χ2v) is 4.55. The average molecular weight is 263 g/mol. The van der Waals surface area contributed by atoms with Crippen molar-refractivity contribution in [1.82, 2.24) is 14.6 Å². The summed E-state index contributed by atoms with van der Waals surface area (Å²) in [6.45, 7) is 3.83. The van der Waals surface area contributed by atoms with Gasteiger partial charge in [0.25, 0.3) is 0 Å². The molecule has 0 fully saturated rings. The lowest BCUT2D eigenvalue weighted by atomic mass is 10.1. The highest BCUT2D eigenvalue weighted by Crippen LogP contribution is 2.24. The normalized spacial score (nSPS) is 10.4. The van der Waals surface area contributed by atoms with E-state index in [0.717, 1.165) is 22.6 Å². The molecular formula is C12H13N3O2S. The molecule has 0 spiro atoms. The van der Waals surface area contributed by atoms with Crippen molar-refractivity contribution in [2.45, 2.75) is 20.3 Å². The molecule has 2 aromatic rings. The van der Waals surface area contributed by atoms with Crippen LogP contribution in [0.5, 0.6) is 5.75 Å². The quantitative estimate of drug-likeness (QED) is 0.789. The number of rotatable bonds is 4. The van der Waals surface area contributed by atoms with E-state index in [1.165, 1.54) is 11.5 Å². The van der Waals surface area contributed by atoms with E-state index >= 15 is 0 Å². The van der Waals surface area contributed by atoms with Crippen molar-refractivity contribution in [2.24, 2.45) is 0 Å². The average Bonchev–Trinajstić information content (AvgIpc) is 2.87. The molecule has 0 saturated heterocycles. The maximum Gasteiger partial charge on any atom is 0.189 e. The van der Waals surface area contributed by atoms with Crippen molar-refractivity contribution in [1.29, 1.82) is 0 Å². The van der Waals surface area contributed by atoms with Crippen LogP contribution < -0.4 is 4.74 Å². The summed E-state index contributed by atoms with van der Waals surface area (Å²) in [6.07, 6.45) is 1.93. The molecule has 6 heteroatoms. The summed E-state index contributed by atoms with van der Waals surface area (Å²) in [5.41, 5.74) is 2.96. The predicted octanol–water partition coefficient (Wildman–Crippen LogP) is 1.98. The van der Waals surface area contributed by atoms with Crippen LogP contribution in [0.4, 0.5) is 0 Å². The Kier molecular flexibility index (Phi) is 3.66. The van der Waals surface area contributed by atoms with Gasteiger partial charge in [-0.2, -0.15) is 0 Å². The maximum atomic E-state index is 11.9. The minimum Gasteiger partial charge on any atom is -0.496 e. The molecule has 2 rings (SSSR count). The molecule has 0 bridgehead atoms. The Morgan fingerprint density at radius 2 is 2.22 bits per heavy atom. The fourth-order valence-electron chi connectivity index (χ4n) is 1.78. The van der Waals surface area contributed by atoms with E-state index in [-0.39, 0.29) is 12.2 Å². The smallest absolute Gasteiger partial charge is 0.189 e. The lowest BCUT2D eigenvalue weighted by Gasteiger charge is -2.11. The first-order valence-electron chi connectivity index (χ1n) is 5.42. The van der Waals surface area contributed by atoms with Crippen LogP contribution in [-0.4, -0.2) is 27.5 Å². The van der Waals surface area contributed by atoms with Gasteiger partial charge in [-0.15, -0.1) is 5.10 Å². The molecule has 94 valence electrons. The molecule has 0 aliphatic rings. The number of carbonyl (C=O) groups is 1. The molecule has 0 atom stereocenters. The molecule has 2 heterocycles. The number of methoxy groups -OCH3 is 1. The molecule has 5 nitrogen and oxygen atoms in total. The highest BCUT2D eigenvalue weighted by Gasteiger charge is 2.15. The fraction of sp³-hybridized carbons (Fsp3) is 0.333. The zero-order valence-corrected chi connectivity index (χ0v) is 11.2. The van der Waals surface area contributed by atoms with Gasteiger partial charge >= 0.3 is 0 Å². The largest absolute Gasteiger partial charge is 0.496 e. The van der Waals surface area contributed by atoms with Crippen molar-refractivity contribution in [3.8, 4) is 5.75 Å². The third-order valence-corrected chi connectivity index (χ3v) is 3.23. The minimum atomic E-state index is -0.0785. The predicted molar refractivity (Wildman–Crippen MR) is 68.2 cm³/mol. The van der Waals surface area contributed by atoms with E-state index < -0.39 is 0 Å². The number of nitrogens with zero attached hydrogens (tertiary/aromatic N) is 3. The Morgan fingerprint density at radius 3 is 2.83 bits per heavy atom. The Balaban J connectivity index is 2.27. The molecule has 0 aliphatic heterocycles. The second-order valence-electron chi connectivity index (χ2n) is 3.94. The van der Waals surface area contributed by atoms with Crippen molar-refractivity contribution in [2.75, 3.05) is 7.11 Å². The topological polar surface area (TPSA) is 65.0 Å². The minimum absolute atomic E-state index is 0.0785. The van der Waals surface area contributed by atoms with Crippen molar-refractivity contribution < 1.29 is 9.53 Å². The van der Waals surface area contributed by atoms with Gasteiger partial charge in [0.1, 0.15) is 11.4 Å². The van der Waals surface area contributed by atoms with Crippen LogP contribution in [0.2, 0.25) is 0 Å². The molecule has 0 unspecified atom stereocenters. The number of hydrogen-bond acceptors (Lipinski definition) is 6. The van der Waals surface area contributed by atoms with E-state index in [1.807, 2.05) is 13.8 Å². The summed E-state index contributed by atoms with van der Waals surface area (Å²) >= 11 is 1.17. The molecule has 0 aliphatic carbocycles. The van der Waals surface area contributed by atoms with Crippen molar-refractivity contribution in [3.05, 3.63) is 34.1 Å². The van der Waals surface area contributed by atoms with Crippen LogP contribution in [0.3, 0.4) is 0 Å². The van der Waals surface area contributed by atoms with E-state index in [4.69, 9.17) is 4.74 Å². The molecule has 18 heavy (non-hydrogen) atoms. The highest BCUT2D eigenvalue weighted by atomic mass is 32.1. The van der Waals surface area contributed by atoms with Crippen molar-refractivity contribution in [3.63, 3.8) is 0 Å². The van der Waals surface area contributed by atoms with Gasteiger partial charge in [0, 0.05) is 22.7 Å². The molecule has 0 radical (unpaired) electrons. The number of carbonyl (C=O) groups excluding carboxylic acids is 1. The van der Waals surface area contributed by atoms with Crippen LogP contribution in [0.1, 0.15) is 27.3 Å². The van der Waals surface area contributed by atoms with Gasteiger partial charge in [-0.1, -0.05) is 4.49 Å². The Bertz CT molecular complexity index is 567. The van der Waals surface area contributed by atoms with Crippen LogP contribution in [-0.2, 0) is 6.42 Å². The Morgan fingerprint density at radius 1 is 1.44 bits per heavy atom. The lowest BCUT2D eigenvalue weighted by Crippen LogP contribution is -2.08. The zero-order valence-electron chi connectivity index (χ0n) is 10.4. The van der Waals surface area contributed by atoms with Crippen LogP contribution in [0.25, 0.3) is 0 Å². The summed E-state index contributed by atoms with van der Waals surface area (Å²) in [6, 6.07) is 0. The third-order valence-electron chi connectivity index (χ3n) is 2.72. The lowest BCUT2D eigenvalue weighted by molar-refractivity contribution is 0.0987. The standard InChI is InChI=1S/C12H13N3O2S/c1-7-5-13-9(8(2)12(7)17-3)4-11(16)10-6-18-15-14-10/h5-6H,4H2,1-3H3. The molecule has 0 aromatic carbocycles. The van der Waals surface area contributed by atoms with Gasteiger partial charge in [-0.05, 0) is 25.4 Å². The summed E-state index contributed by atoms with van der Waals surface area (Å²) in [5, 5.41) is 5.40. The van der Waals surface area contributed by atoms with Gasteiger partial charge < -0.3 is 4.74 Å². The highest BCUT2D eigenvalue weighted by molar-refractivity contribution is 7.03. The van der Waals surface area contributed by atoms with E-state index in [2.05, 4.69) is 14.6 Å². The molecular weight excluding hydrogens is 250 g/mol. The molecule has 2 aromatic heterocycles. The van der Waals surface area contributed by atoms with Gasteiger partial charge in [0.15, 0.2) is 5.78 Å². The third kappa shape index (κ3) is 2.38. The molecule has 0 N–H and O–H groups in total. The summed E-state index contributed by atoms with van der Waals surface area (Å²) in [7, 11) is 1.62. The number of aromatic nitrogens is 3. The van der Waals surface area contributed by atoms with Crippen LogP contribution in [0.15, 0.2) is 11.6 Å². The van der Waals surface area contributed by atoms with Gasteiger partial charge in [-0.25, -0.2) is 0 Å². The van der Waals surface area contributed by atoms with Crippen LogP contribution >= 0.6 is 11.5 Å². The number of ether oxygens (including phenoxy) is 1. The summed E-state index contributed by atoms with van der Waals surface area (Å²) in [5.74, 6) is 0.703. The number of hydrogen-bond donors (Lipinski definition) is 0. The van der Waals surface area contributed by atoms with Gasteiger partial charge in [0.05, 0.1) is 19.2 Å². The van der Waals surface area contributed by atoms with E-state index in [1.54, 1.807) is 18.7 Å². The summed E-state index contributed by atoms with van der Waals surface area (Å²) in [4.78, 5) is 16.2. The SMILES string of the molecule is COc1c(C)cnc(CC(=O)c2csnn2)c1C. The van der Waals surface area contributed by atoms with Gasteiger partial charge in [0.2, 0.25) is 0 Å². The van der Waals surface area contributed by atoms with Crippen LogP contribution in [0, 0.1) is 13.8 Å². The van der Waals surface area contributed by atoms with Crippen molar-refractivity contribution >= 4 is 17.3 Å². The molecule has 0 amide bonds. The molecule has 0 saturated carbocycles. The Labute approximate surface area is 109 Å². The number of ketones is 1. The zero-order chi connectivity index (χ0) is 13.1. The number of aryl methyl sites for hydroxylation is 1. The monoisotopic (exact) mass is 263 g/mol. The maximum absolute atomic E-state index is 11.9. The first-order valence-corrected chi connectivity index (χ1v) is 6.26. The fourth-order valence-corrected chi connectivity index (χ4v) is 2.24.